The third-order valence-electron chi connectivity index (χ3n) is 5.33. The Labute approximate surface area is 154 Å². The molecule has 2 aromatic carbocycles. The fourth-order valence-corrected chi connectivity index (χ4v) is 3.79. The lowest BCUT2D eigenvalue weighted by atomic mass is 10.0. The highest BCUT2D eigenvalue weighted by Gasteiger charge is 2.19. The molecule has 1 aliphatic heterocycles. The summed E-state index contributed by atoms with van der Waals surface area (Å²) in [6, 6.07) is 19.3. The molecule has 0 unspecified atom stereocenters. The molecule has 0 atom stereocenters. The van der Waals surface area contributed by atoms with Crippen LogP contribution in [0, 0.1) is 11.3 Å². The Balaban J connectivity index is 1.27. The summed E-state index contributed by atoms with van der Waals surface area (Å²) in [5.74, 6) is 0. The van der Waals surface area contributed by atoms with Gasteiger partial charge in [0.2, 0.25) is 0 Å². The van der Waals surface area contributed by atoms with Gasteiger partial charge in [-0.1, -0.05) is 30.3 Å². The molecule has 26 heavy (non-hydrogen) atoms. The second kappa shape index (κ2) is 7.74. The third kappa shape index (κ3) is 3.80. The lowest BCUT2D eigenvalue weighted by Gasteiger charge is -2.32. The maximum absolute atomic E-state index is 8.89. The summed E-state index contributed by atoms with van der Waals surface area (Å²) < 4.78 is 0. The molecule has 0 radical (unpaired) electrons. The highest BCUT2D eigenvalue weighted by molar-refractivity contribution is 5.82. The van der Waals surface area contributed by atoms with Crippen molar-refractivity contribution in [1.82, 2.24) is 15.2 Å². The fourth-order valence-electron chi connectivity index (χ4n) is 3.79. The van der Waals surface area contributed by atoms with E-state index in [4.69, 9.17) is 5.26 Å². The Morgan fingerprint density at radius 2 is 1.88 bits per heavy atom. The number of nitrogens with zero attached hydrogens (tertiary/aromatic N) is 2. The first-order chi connectivity index (χ1) is 12.8. The standard InChI is InChI=1S/C22H24N4/c23-14-17-4-6-18(7-5-17)16-26-12-9-21(10-13-26)25-15-20-3-1-2-19-8-11-24-22(19)20/h1-8,11,21,24-25H,9-10,12-13,15-16H2. The number of aromatic nitrogens is 1. The van der Waals surface area contributed by atoms with Gasteiger partial charge in [-0.15, -0.1) is 0 Å². The van der Waals surface area contributed by atoms with E-state index in [1.165, 1.54) is 34.9 Å². The Morgan fingerprint density at radius 1 is 1.08 bits per heavy atom. The number of aromatic amines is 1. The molecule has 1 saturated heterocycles. The second-order valence-corrected chi connectivity index (χ2v) is 7.10. The van der Waals surface area contributed by atoms with E-state index in [2.05, 4.69) is 57.7 Å². The van der Waals surface area contributed by atoms with Gasteiger partial charge in [-0.2, -0.15) is 5.26 Å². The first-order valence-electron chi connectivity index (χ1n) is 9.31. The molecular formula is C22H24N4. The molecule has 0 bridgehead atoms. The molecule has 0 saturated carbocycles. The Hall–Kier alpha value is -2.61. The van der Waals surface area contributed by atoms with Crippen LogP contribution >= 0.6 is 0 Å². The van der Waals surface area contributed by atoms with Gasteiger partial charge in [-0.3, -0.25) is 4.90 Å². The van der Waals surface area contributed by atoms with Gasteiger partial charge in [-0.25, -0.2) is 0 Å². The number of hydrogen-bond donors (Lipinski definition) is 2. The average Bonchev–Trinajstić information content (AvgIpc) is 3.17. The van der Waals surface area contributed by atoms with Crippen LogP contribution in [0.1, 0.15) is 29.5 Å². The van der Waals surface area contributed by atoms with Gasteiger partial charge in [0.05, 0.1) is 11.6 Å². The van der Waals surface area contributed by atoms with Gasteiger partial charge < -0.3 is 10.3 Å². The number of rotatable bonds is 5. The van der Waals surface area contributed by atoms with E-state index >= 15 is 0 Å². The number of para-hydroxylation sites is 1. The van der Waals surface area contributed by atoms with E-state index in [9.17, 15) is 0 Å². The number of H-pyrrole nitrogens is 1. The smallest absolute Gasteiger partial charge is 0.0991 e. The van der Waals surface area contributed by atoms with Gasteiger partial charge in [0.25, 0.3) is 0 Å². The molecule has 4 rings (SSSR count). The minimum atomic E-state index is 0.581. The second-order valence-electron chi connectivity index (χ2n) is 7.10. The highest BCUT2D eigenvalue weighted by Crippen LogP contribution is 2.18. The molecule has 2 N–H and O–H groups in total. The van der Waals surface area contributed by atoms with Crippen LogP contribution in [0.15, 0.2) is 54.7 Å². The van der Waals surface area contributed by atoms with Crippen LogP contribution in [0.25, 0.3) is 10.9 Å². The number of hydrogen-bond acceptors (Lipinski definition) is 3. The van der Waals surface area contributed by atoms with Crippen molar-refractivity contribution >= 4 is 10.9 Å². The first-order valence-corrected chi connectivity index (χ1v) is 9.31. The van der Waals surface area contributed by atoms with E-state index in [0.717, 1.165) is 31.7 Å². The van der Waals surface area contributed by atoms with E-state index in [1.807, 2.05) is 18.3 Å². The number of likely N-dealkylation sites (tertiary alicyclic amines) is 1. The molecule has 1 fully saturated rings. The Kier molecular flexibility index (Phi) is 5.01. The molecule has 0 aliphatic carbocycles. The maximum atomic E-state index is 8.89. The van der Waals surface area contributed by atoms with Crippen molar-refractivity contribution in [3.05, 3.63) is 71.4 Å². The van der Waals surface area contributed by atoms with Crippen molar-refractivity contribution in [3.63, 3.8) is 0 Å². The number of nitrogens with one attached hydrogen (secondary N) is 2. The van der Waals surface area contributed by atoms with Crippen LogP contribution in [0.2, 0.25) is 0 Å². The highest BCUT2D eigenvalue weighted by atomic mass is 15.1. The molecule has 3 aromatic rings. The molecule has 2 heterocycles. The summed E-state index contributed by atoms with van der Waals surface area (Å²) in [6.07, 6.45) is 4.36. The molecule has 0 spiro atoms. The minimum Gasteiger partial charge on any atom is -0.361 e. The van der Waals surface area contributed by atoms with Crippen molar-refractivity contribution < 1.29 is 0 Å². The van der Waals surface area contributed by atoms with E-state index in [-0.39, 0.29) is 0 Å². The molecule has 4 heteroatoms. The molecule has 1 aliphatic rings. The van der Waals surface area contributed by atoms with E-state index in [1.54, 1.807) is 0 Å². The quantitative estimate of drug-likeness (QED) is 0.740. The molecule has 0 amide bonds. The normalized spacial score (nSPS) is 16.0. The van der Waals surface area contributed by atoms with Crippen LogP contribution in [0.4, 0.5) is 0 Å². The summed E-state index contributed by atoms with van der Waals surface area (Å²) in [7, 11) is 0. The predicted octanol–water partition coefficient (Wildman–Crippen LogP) is 3.79. The predicted molar refractivity (Wildman–Crippen MR) is 105 cm³/mol. The van der Waals surface area contributed by atoms with Crippen molar-refractivity contribution in [1.29, 1.82) is 5.26 Å². The zero-order valence-corrected chi connectivity index (χ0v) is 14.9. The van der Waals surface area contributed by atoms with Gasteiger partial charge in [0, 0.05) is 30.8 Å². The maximum Gasteiger partial charge on any atom is 0.0991 e. The zero-order chi connectivity index (χ0) is 17.8. The van der Waals surface area contributed by atoms with Crippen molar-refractivity contribution in [2.75, 3.05) is 13.1 Å². The van der Waals surface area contributed by atoms with Crippen LogP contribution in [0.3, 0.4) is 0 Å². The Bertz CT molecular complexity index is 896. The van der Waals surface area contributed by atoms with Crippen LogP contribution in [-0.2, 0) is 13.1 Å². The van der Waals surface area contributed by atoms with E-state index in [0.29, 0.717) is 6.04 Å². The number of benzene rings is 2. The fraction of sp³-hybridized carbons (Fsp3) is 0.318. The van der Waals surface area contributed by atoms with Gasteiger partial charge in [0.1, 0.15) is 0 Å². The molecule has 1 aromatic heterocycles. The van der Waals surface area contributed by atoms with Gasteiger partial charge in [0.15, 0.2) is 0 Å². The SMILES string of the molecule is N#Cc1ccc(CN2CCC(NCc3cccc4cc[nH]c34)CC2)cc1. The summed E-state index contributed by atoms with van der Waals surface area (Å²) >= 11 is 0. The topological polar surface area (TPSA) is 54.9 Å². The van der Waals surface area contributed by atoms with E-state index < -0.39 is 0 Å². The van der Waals surface area contributed by atoms with Crippen LogP contribution < -0.4 is 5.32 Å². The first kappa shape index (κ1) is 16.8. The van der Waals surface area contributed by atoms with Crippen molar-refractivity contribution in [2.45, 2.75) is 32.0 Å². The van der Waals surface area contributed by atoms with Gasteiger partial charge in [-0.05, 0) is 60.6 Å². The Morgan fingerprint density at radius 3 is 2.65 bits per heavy atom. The lowest BCUT2D eigenvalue weighted by molar-refractivity contribution is 0.190. The van der Waals surface area contributed by atoms with Crippen LogP contribution in [0.5, 0.6) is 0 Å². The number of fused-ring (bicyclic) bond motifs is 1. The summed E-state index contributed by atoms with van der Waals surface area (Å²) in [5, 5.41) is 13.9. The summed E-state index contributed by atoms with van der Waals surface area (Å²) in [6.45, 7) is 4.12. The number of piperidine rings is 1. The van der Waals surface area contributed by atoms with Crippen molar-refractivity contribution in [3.8, 4) is 6.07 Å². The van der Waals surface area contributed by atoms with Gasteiger partial charge >= 0.3 is 0 Å². The molecule has 4 nitrogen and oxygen atoms in total. The molecule has 132 valence electrons. The molecular weight excluding hydrogens is 320 g/mol. The third-order valence-corrected chi connectivity index (χ3v) is 5.33. The lowest BCUT2D eigenvalue weighted by Crippen LogP contribution is -2.41. The minimum absolute atomic E-state index is 0.581. The largest absolute Gasteiger partial charge is 0.361 e. The summed E-state index contributed by atoms with van der Waals surface area (Å²) in [5.41, 5.74) is 4.60. The summed E-state index contributed by atoms with van der Waals surface area (Å²) in [4.78, 5) is 5.86. The monoisotopic (exact) mass is 344 g/mol. The number of nitriles is 1. The zero-order valence-electron chi connectivity index (χ0n) is 14.9. The van der Waals surface area contributed by atoms with Crippen molar-refractivity contribution in [2.24, 2.45) is 0 Å². The average molecular weight is 344 g/mol. The van der Waals surface area contributed by atoms with Crippen LogP contribution in [-0.4, -0.2) is 29.0 Å².